The van der Waals surface area contributed by atoms with Gasteiger partial charge in [0, 0.05) is 37.9 Å². The lowest BCUT2D eigenvalue weighted by Gasteiger charge is -2.32. The van der Waals surface area contributed by atoms with Crippen molar-refractivity contribution in [3.63, 3.8) is 0 Å². The van der Waals surface area contributed by atoms with Crippen molar-refractivity contribution >= 4 is 0 Å². The van der Waals surface area contributed by atoms with E-state index >= 15 is 0 Å². The topological polar surface area (TPSA) is 33.1 Å². The molecule has 0 spiro atoms. The summed E-state index contributed by atoms with van der Waals surface area (Å²) in [7, 11) is 2.00. The Morgan fingerprint density at radius 1 is 1.56 bits per heavy atom. The number of rotatable bonds is 3. The van der Waals surface area contributed by atoms with Crippen molar-refractivity contribution in [2.24, 2.45) is 12.5 Å². The van der Waals surface area contributed by atoms with Gasteiger partial charge in [-0.05, 0) is 37.8 Å². The number of aryl methyl sites for hydroxylation is 1. The highest BCUT2D eigenvalue weighted by molar-refractivity contribution is 5.12. The van der Waals surface area contributed by atoms with Crippen LogP contribution in [0.4, 0.5) is 0 Å². The molecule has 0 saturated carbocycles. The second-order valence-electron chi connectivity index (χ2n) is 6.31. The third kappa shape index (κ3) is 2.31. The minimum Gasteiger partial charge on any atom is -0.316 e. The molecular formula is C14H24N4. The van der Waals surface area contributed by atoms with Crippen LogP contribution in [0.2, 0.25) is 0 Å². The second-order valence-corrected chi connectivity index (χ2v) is 6.31. The smallest absolute Gasteiger partial charge is 0.0537 e. The molecular weight excluding hydrogens is 224 g/mol. The van der Waals surface area contributed by atoms with Gasteiger partial charge in [0.2, 0.25) is 0 Å². The molecule has 0 amide bonds. The predicted octanol–water partition coefficient (Wildman–Crippen LogP) is 1.56. The Morgan fingerprint density at radius 2 is 2.44 bits per heavy atom. The van der Waals surface area contributed by atoms with Crippen LogP contribution in [0.25, 0.3) is 0 Å². The van der Waals surface area contributed by atoms with Crippen molar-refractivity contribution in [2.75, 3.05) is 26.2 Å². The molecule has 0 aromatic carbocycles. The molecule has 1 aromatic heterocycles. The lowest BCUT2D eigenvalue weighted by molar-refractivity contribution is 0.165. The molecule has 2 saturated heterocycles. The largest absolute Gasteiger partial charge is 0.316 e. The molecule has 2 unspecified atom stereocenters. The second kappa shape index (κ2) is 4.67. The van der Waals surface area contributed by atoms with Gasteiger partial charge in [0.15, 0.2) is 0 Å². The number of hydrogen-bond acceptors (Lipinski definition) is 3. The van der Waals surface area contributed by atoms with E-state index in [-0.39, 0.29) is 0 Å². The van der Waals surface area contributed by atoms with Crippen molar-refractivity contribution in [2.45, 2.75) is 32.2 Å². The van der Waals surface area contributed by atoms with E-state index in [4.69, 9.17) is 0 Å². The molecule has 3 rings (SSSR count). The Kier molecular flexibility index (Phi) is 3.16. The third-order valence-electron chi connectivity index (χ3n) is 4.52. The molecule has 4 heteroatoms. The van der Waals surface area contributed by atoms with Gasteiger partial charge < -0.3 is 5.32 Å². The Labute approximate surface area is 109 Å². The maximum atomic E-state index is 4.32. The van der Waals surface area contributed by atoms with Gasteiger partial charge in [-0.15, -0.1) is 0 Å². The van der Waals surface area contributed by atoms with E-state index in [9.17, 15) is 0 Å². The van der Waals surface area contributed by atoms with E-state index in [2.05, 4.69) is 28.4 Å². The summed E-state index contributed by atoms with van der Waals surface area (Å²) < 4.78 is 1.92. The third-order valence-corrected chi connectivity index (χ3v) is 4.52. The van der Waals surface area contributed by atoms with E-state index in [0.29, 0.717) is 11.5 Å². The number of aromatic nitrogens is 2. The van der Waals surface area contributed by atoms with Gasteiger partial charge in [-0.3, -0.25) is 9.58 Å². The van der Waals surface area contributed by atoms with Gasteiger partial charge in [0.1, 0.15) is 0 Å². The zero-order valence-corrected chi connectivity index (χ0v) is 11.5. The number of hydrogen-bond donors (Lipinski definition) is 1. The van der Waals surface area contributed by atoms with Gasteiger partial charge in [0.05, 0.1) is 6.20 Å². The molecule has 2 fully saturated rings. The minimum atomic E-state index is 0.463. The fraction of sp³-hybridized carbons (Fsp3) is 0.786. The van der Waals surface area contributed by atoms with Crippen molar-refractivity contribution in [3.05, 3.63) is 18.0 Å². The van der Waals surface area contributed by atoms with Gasteiger partial charge in [-0.1, -0.05) is 6.92 Å². The minimum absolute atomic E-state index is 0.463. The lowest BCUT2D eigenvalue weighted by atomic mass is 9.88. The fourth-order valence-electron chi connectivity index (χ4n) is 3.50. The standard InChI is InChI=1S/C14H24N4/c1-14(5-6-15-10-14)11-18-7-3-4-13(18)12-8-16-17(2)9-12/h8-9,13,15H,3-7,10-11H2,1-2H3. The highest BCUT2D eigenvalue weighted by Crippen LogP contribution is 2.36. The molecule has 100 valence electrons. The van der Waals surface area contributed by atoms with Gasteiger partial charge in [-0.2, -0.15) is 5.10 Å². The normalized spacial score (nSPS) is 33.3. The van der Waals surface area contributed by atoms with Crippen LogP contribution >= 0.6 is 0 Å². The predicted molar refractivity (Wildman–Crippen MR) is 72.3 cm³/mol. The fourth-order valence-corrected chi connectivity index (χ4v) is 3.50. The average Bonchev–Trinajstić information content (AvgIpc) is 3.01. The summed E-state index contributed by atoms with van der Waals surface area (Å²) in [6.45, 7) is 7.24. The summed E-state index contributed by atoms with van der Waals surface area (Å²) in [5, 5.41) is 7.82. The first-order valence-electron chi connectivity index (χ1n) is 7.10. The molecule has 4 nitrogen and oxygen atoms in total. The maximum Gasteiger partial charge on any atom is 0.0537 e. The van der Waals surface area contributed by atoms with E-state index in [1.54, 1.807) is 0 Å². The van der Waals surface area contributed by atoms with Crippen molar-refractivity contribution < 1.29 is 0 Å². The Morgan fingerprint density at radius 3 is 3.11 bits per heavy atom. The van der Waals surface area contributed by atoms with Crippen LogP contribution in [-0.2, 0) is 7.05 Å². The van der Waals surface area contributed by atoms with Gasteiger partial charge in [-0.25, -0.2) is 0 Å². The first kappa shape index (κ1) is 12.2. The summed E-state index contributed by atoms with van der Waals surface area (Å²) in [5.74, 6) is 0. The monoisotopic (exact) mass is 248 g/mol. The first-order chi connectivity index (χ1) is 8.66. The molecule has 1 aromatic rings. The zero-order valence-electron chi connectivity index (χ0n) is 11.5. The number of nitrogens with zero attached hydrogens (tertiary/aromatic N) is 3. The Bertz CT molecular complexity index is 406. The summed E-state index contributed by atoms with van der Waals surface area (Å²) in [5.41, 5.74) is 1.86. The van der Waals surface area contributed by atoms with E-state index in [1.807, 2.05) is 17.9 Å². The van der Waals surface area contributed by atoms with Gasteiger partial charge in [0.25, 0.3) is 0 Å². The van der Waals surface area contributed by atoms with Crippen LogP contribution in [0, 0.1) is 5.41 Å². The molecule has 0 radical (unpaired) electrons. The molecule has 2 aliphatic heterocycles. The number of likely N-dealkylation sites (tertiary alicyclic amines) is 1. The molecule has 0 bridgehead atoms. The van der Waals surface area contributed by atoms with Crippen LogP contribution in [0.3, 0.4) is 0 Å². The highest BCUT2D eigenvalue weighted by Gasteiger charge is 2.35. The van der Waals surface area contributed by atoms with Crippen molar-refractivity contribution in [1.82, 2.24) is 20.0 Å². The van der Waals surface area contributed by atoms with Crippen LogP contribution in [-0.4, -0.2) is 40.9 Å². The number of nitrogens with one attached hydrogen (secondary N) is 1. The van der Waals surface area contributed by atoms with Crippen LogP contribution < -0.4 is 5.32 Å². The Balaban J connectivity index is 1.71. The summed E-state index contributed by atoms with van der Waals surface area (Å²) in [6.07, 6.45) is 8.14. The van der Waals surface area contributed by atoms with E-state index < -0.39 is 0 Å². The van der Waals surface area contributed by atoms with E-state index in [0.717, 1.165) is 0 Å². The van der Waals surface area contributed by atoms with Crippen LogP contribution in [0.15, 0.2) is 12.4 Å². The van der Waals surface area contributed by atoms with Crippen molar-refractivity contribution in [1.29, 1.82) is 0 Å². The molecule has 0 aliphatic carbocycles. The van der Waals surface area contributed by atoms with E-state index in [1.165, 1.54) is 51.0 Å². The van der Waals surface area contributed by atoms with Crippen LogP contribution in [0.1, 0.15) is 37.8 Å². The quantitative estimate of drug-likeness (QED) is 0.881. The van der Waals surface area contributed by atoms with Crippen molar-refractivity contribution in [3.8, 4) is 0 Å². The molecule has 2 atom stereocenters. The molecule has 1 N–H and O–H groups in total. The summed E-state index contributed by atoms with van der Waals surface area (Å²) in [6, 6.07) is 0.594. The summed E-state index contributed by atoms with van der Waals surface area (Å²) >= 11 is 0. The zero-order chi connectivity index (χ0) is 12.6. The molecule has 2 aliphatic rings. The van der Waals surface area contributed by atoms with Crippen LogP contribution in [0.5, 0.6) is 0 Å². The SMILES string of the molecule is Cn1cc(C2CCCN2CC2(C)CCNC2)cn1. The Hall–Kier alpha value is -0.870. The maximum absolute atomic E-state index is 4.32. The lowest BCUT2D eigenvalue weighted by Crippen LogP contribution is -2.37. The first-order valence-corrected chi connectivity index (χ1v) is 7.10. The molecule has 18 heavy (non-hydrogen) atoms. The average molecular weight is 248 g/mol. The molecule has 3 heterocycles. The highest BCUT2D eigenvalue weighted by atomic mass is 15.3. The summed E-state index contributed by atoms with van der Waals surface area (Å²) in [4.78, 5) is 2.67. The van der Waals surface area contributed by atoms with Gasteiger partial charge >= 0.3 is 0 Å².